The van der Waals surface area contributed by atoms with Gasteiger partial charge in [0.15, 0.2) is 0 Å². The van der Waals surface area contributed by atoms with Crippen molar-refractivity contribution in [2.75, 3.05) is 20.2 Å². The van der Waals surface area contributed by atoms with Crippen LogP contribution in [0, 0.1) is 0 Å². The van der Waals surface area contributed by atoms with E-state index < -0.39 is 10.2 Å². The van der Waals surface area contributed by atoms with Gasteiger partial charge in [-0.2, -0.15) is 8.42 Å². The molecule has 0 aliphatic heterocycles. The second-order valence-electron chi connectivity index (χ2n) is 5.91. The van der Waals surface area contributed by atoms with Gasteiger partial charge in [0.1, 0.15) is 5.75 Å². The highest BCUT2D eigenvalue weighted by Gasteiger charge is 2.16. The van der Waals surface area contributed by atoms with E-state index in [0.717, 1.165) is 29.7 Å². The molecule has 2 aromatic rings. The molecule has 0 saturated heterocycles. The molecule has 2 aromatic carbocycles. The lowest BCUT2D eigenvalue weighted by Gasteiger charge is -2.19. The molecule has 2 N–H and O–H groups in total. The van der Waals surface area contributed by atoms with E-state index in [1.807, 2.05) is 61.5 Å². The fourth-order valence-corrected chi connectivity index (χ4v) is 3.57. The van der Waals surface area contributed by atoms with Crippen LogP contribution in [-0.2, 0) is 16.6 Å². The van der Waals surface area contributed by atoms with E-state index in [1.54, 1.807) is 7.11 Å². The zero-order valence-electron chi connectivity index (χ0n) is 14.7. The van der Waals surface area contributed by atoms with Gasteiger partial charge in [-0.05, 0) is 36.1 Å². The third-order valence-electron chi connectivity index (χ3n) is 3.97. The molecular weight excluding hydrogens is 336 g/mol. The maximum Gasteiger partial charge on any atom is 0.276 e. The molecule has 0 fully saturated rings. The Kier molecular flexibility index (Phi) is 7.43. The Hall–Kier alpha value is -1.89. The van der Waals surface area contributed by atoms with Gasteiger partial charge >= 0.3 is 0 Å². The number of rotatable bonds is 10. The summed E-state index contributed by atoms with van der Waals surface area (Å²) in [5.41, 5.74) is 2.24. The highest BCUT2D eigenvalue weighted by Crippen LogP contribution is 2.22. The second kappa shape index (κ2) is 9.56. The summed E-state index contributed by atoms with van der Waals surface area (Å²) in [6.07, 6.45) is 1.50. The fraction of sp³-hybridized carbons (Fsp3) is 0.368. The van der Waals surface area contributed by atoms with E-state index in [0.29, 0.717) is 13.1 Å². The maximum absolute atomic E-state index is 12.0. The van der Waals surface area contributed by atoms with Crippen LogP contribution in [0.1, 0.15) is 30.4 Å². The molecule has 0 bridgehead atoms. The molecule has 2 rings (SSSR count). The normalized spacial score (nSPS) is 12.7. The summed E-state index contributed by atoms with van der Waals surface area (Å²) < 4.78 is 34.4. The van der Waals surface area contributed by atoms with Crippen LogP contribution < -0.4 is 14.2 Å². The summed E-state index contributed by atoms with van der Waals surface area (Å²) in [6.45, 7) is 2.71. The number of hydrogen-bond acceptors (Lipinski definition) is 3. The lowest BCUT2D eigenvalue weighted by atomic mass is 9.92. The molecule has 0 radical (unpaired) electrons. The zero-order valence-corrected chi connectivity index (χ0v) is 15.6. The highest BCUT2D eigenvalue weighted by molar-refractivity contribution is 7.87. The molecule has 1 unspecified atom stereocenters. The Morgan fingerprint density at radius 2 is 1.68 bits per heavy atom. The van der Waals surface area contributed by atoms with Crippen molar-refractivity contribution in [2.24, 2.45) is 0 Å². The van der Waals surface area contributed by atoms with Gasteiger partial charge in [0.25, 0.3) is 10.2 Å². The predicted molar refractivity (Wildman–Crippen MR) is 101 cm³/mol. The SMILES string of the molecule is CCCNS(=O)(=O)NCC(Cc1ccc(OC)cc1)c1ccccc1. The highest BCUT2D eigenvalue weighted by atomic mass is 32.2. The second-order valence-corrected chi connectivity index (χ2v) is 7.49. The molecule has 0 aliphatic rings. The number of methoxy groups -OCH3 is 1. The molecule has 6 heteroatoms. The van der Waals surface area contributed by atoms with E-state index in [9.17, 15) is 8.42 Å². The molecular formula is C19H26N2O3S. The van der Waals surface area contributed by atoms with Crippen molar-refractivity contribution in [1.82, 2.24) is 9.44 Å². The third kappa shape index (κ3) is 6.49. The third-order valence-corrected chi connectivity index (χ3v) is 5.10. The molecule has 0 aliphatic carbocycles. The van der Waals surface area contributed by atoms with Crippen LogP contribution in [0.3, 0.4) is 0 Å². The van der Waals surface area contributed by atoms with Gasteiger partial charge in [-0.25, -0.2) is 9.44 Å². The van der Waals surface area contributed by atoms with Crippen LogP contribution in [0.25, 0.3) is 0 Å². The summed E-state index contributed by atoms with van der Waals surface area (Å²) in [6, 6.07) is 17.8. The van der Waals surface area contributed by atoms with Crippen LogP contribution >= 0.6 is 0 Å². The predicted octanol–water partition coefficient (Wildman–Crippen LogP) is 2.86. The van der Waals surface area contributed by atoms with Crippen molar-refractivity contribution in [3.63, 3.8) is 0 Å². The van der Waals surface area contributed by atoms with E-state index in [1.165, 1.54) is 0 Å². The molecule has 0 amide bonds. The minimum atomic E-state index is -3.47. The molecule has 5 nitrogen and oxygen atoms in total. The molecule has 0 heterocycles. The van der Waals surface area contributed by atoms with Gasteiger partial charge < -0.3 is 4.74 Å². The maximum atomic E-state index is 12.0. The van der Waals surface area contributed by atoms with Gasteiger partial charge in [-0.3, -0.25) is 0 Å². The van der Waals surface area contributed by atoms with Gasteiger partial charge in [-0.15, -0.1) is 0 Å². The molecule has 25 heavy (non-hydrogen) atoms. The summed E-state index contributed by atoms with van der Waals surface area (Å²) in [4.78, 5) is 0. The largest absolute Gasteiger partial charge is 0.497 e. The van der Waals surface area contributed by atoms with Gasteiger partial charge in [0, 0.05) is 19.0 Å². The Bertz CT molecular complexity index is 731. The Labute approximate surface area is 150 Å². The monoisotopic (exact) mass is 362 g/mol. The summed E-state index contributed by atoms with van der Waals surface area (Å²) in [5.74, 6) is 0.859. The first-order valence-corrected chi connectivity index (χ1v) is 9.94. The van der Waals surface area contributed by atoms with Crippen molar-refractivity contribution < 1.29 is 13.2 Å². The average Bonchev–Trinajstić information content (AvgIpc) is 2.65. The van der Waals surface area contributed by atoms with Crippen LogP contribution in [0.2, 0.25) is 0 Å². The van der Waals surface area contributed by atoms with Crippen molar-refractivity contribution in [3.8, 4) is 5.75 Å². The number of nitrogens with one attached hydrogen (secondary N) is 2. The minimum absolute atomic E-state index is 0.0489. The lowest BCUT2D eigenvalue weighted by Crippen LogP contribution is -2.39. The van der Waals surface area contributed by atoms with Crippen molar-refractivity contribution in [2.45, 2.75) is 25.7 Å². The summed E-state index contributed by atoms with van der Waals surface area (Å²) in [5, 5.41) is 0. The molecule has 0 spiro atoms. The standard InChI is InChI=1S/C19H26N2O3S/c1-3-13-20-25(22,23)21-15-18(17-7-5-4-6-8-17)14-16-9-11-19(24-2)12-10-16/h4-12,18,20-21H,3,13-15H2,1-2H3. The van der Waals surface area contributed by atoms with Crippen LogP contribution in [0.4, 0.5) is 0 Å². The van der Waals surface area contributed by atoms with Gasteiger partial charge in [0.05, 0.1) is 7.11 Å². The number of hydrogen-bond donors (Lipinski definition) is 2. The van der Waals surface area contributed by atoms with Crippen molar-refractivity contribution in [1.29, 1.82) is 0 Å². The van der Waals surface area contributed by atoms with Gasteiger partial charge in [-0.1, -0.05) is 49.4 Å². The molecule has 136 valence electrons. The molecule has 1 atom stereocenters. The Balaban J connectivity index is 2.10. The first-order chi connectivity index (χ1) is 12.0. The summed E-state index contributed by atoms with van der Waals surface area (Å²) in [7, 11) is -1.83. The topological polar surface area (TPSA) is 67.4 Å². The van der Waals surface area contributed by atoms with Crippen LogP contribution in [0.15, 0.2) is 54.6 Å². The molecule has 0 saturated carbocycles. The van der Waals surface area contributed by atoms with E-state index >= 15 is 0 Å². The smallest absolute Gasteiger partial charge is 0.276 e. The minimum Gasteiger partial charge on any atom is -0.497 e. The van der Waals surface area contributed by atoms with Crippen LogP contribution in [-0.4, -0.2) is 28.6 Å². The lowest BCUT2D eigenvalue weighted by molar-refractivity contribution is 0.414. The summed E-state index contributed by atoms with van der Waals surface area (Å²) >= 11 is 0. The first kappa shape index (κ1) is 19.4. The first-order valence-electron chi connectivity index (χ1n) is 8.46. The van der Waals surface area contributed by atoms with E-state index in [2.05, 4.69) is 9.44 Å². The van der Waals surface area contributed by atoms with E-state index in [4.69, 9.17) is 4.74 Å². The average molecular weight is 362 g/mol. The number of ether oxygens (including phenoxy) is 1. The molecule has 0 aromatic heterocycles. The Morgan fingerprint density at radius 3 is 2.28 bits per heavy atom. The van der Waals surface area contributed by atoms with Crippen molar-refractivity contribution in [3.05, 3.63) is 65.7 Å². The number of benzene rings is 2. The van der Waals surface area contributed by atoms with Gasteiger partial charge in [0.2, 0.25) is 0 Å². The van der Waals surface area contributed by atoms with E-state index in [-0.39, 0.29) is 5.92 Å². The fourth-order valence-electron chi connectivity index (χ4n) is 2.58. The zero-order chi connectivity index (χ0) is 18.1. The van der Waals surface area contributed by atoms with Crippen LogP contribution in [0.5, 0.6) is 5.75 Å². The quantitative estimate of drug-likeness (QED) is 0.683. The van der Waals surface area contributed by atoms with Crippen molar-refractivity contribution >= 4 is 10.2 Å². The Morgan fingerprint density at radius 1 is 1.00 bits per heavy atom.